The smallest absolute Gasteiger partial charge is 0.387 e. The van der Waals surface area contributed by atoms with Crippen LogP contribution in [0.15, 0.2) is 6.07 Å². The Morgan fingerprint density at radius 2 is 2.05 bits per heavy atom. The molecule has 1 rings (SSSR count). The van der Waals surface area contributed by atoms with E-state index < -0.39 is 24.2 Å². The second kappa shape index (κ2) is 6.02. The van der Waals surface area contributed by atoms with Crippen LogP contribution in [0.5, 0.6) is 5.88 Å². The Labute approximate surface area is 109 Å². The zero-order valence-corrected chi connectivity index (χ0v) is 9.90. The Morgan fingerprint density at radius 3 is 2.47 bits per heavy atom. The number of nitrogens with zero attached hydrogens (tertiary/aromatic N) is 2. The number of rotatable bonds is 4. The minimum Gasteiger partial charge on any atom is -0.387 e. The van der Waals surface area contributed by atoms with Gasteiger partial charge in [-0.1, -0.05) is 0 Å². The van der Waals surface area contributed by atoms with Crippen molar-refractivity contribution in [1.29, 1.82) is 5.26 Å². The molecule has 1 heterocycles. The fourth-order valence-electron chi connectivity index (χ4n) is 1.28. The second-order valence-corrected chi connectivity index (χ2v) is 3.57. The van der Waals surface area contributed by atoms with Crippen LogP contribution < -0.4 is 4.74 Å². The van der Waals surface area contributed by atoms with Crippen LogP contribution >= 0.6 is 11.6 Å². The fourth-order valence-corrected chi connectivity index (χ4v) is 1.51. The summed E-state index contributed by atoms with van der Waals surface area (Å²) in [6.45, 7) is 0. The first kappa shape index (κ1) is 15.4. The zero-order chi connectivity index (χ0) is 14.6. The highest BCUT2D eigenvalue weighted by molar-refractivity contribution is 6.17. The maximum absolute atomic E-state index is 12.6. The Hall–Kier alpha value is -1.62. The van der Waals surface area contributed by atoms with Gasteiger partial charge in [-0.3, -0.25) is 0 Å². The molecule has 104 valence electrons. The summed E-state index contributed by atoms with van der Waals surface area (Å²) in [6, 6.07) is 2.41. The first-order valence-electron chi connectivity index (χ1n) is 4.78. The number of nitriles is 1. The van der Waals surface area contributed by atoms with Gasteiger partial charge in [-0.15, -0.1) is 24.8 Å². The maximum Gasteiger partial charge on any atom is 0.574 e. The largest absolute Gasteiger partial charge is 0.574 e. The molecule has 0 aromatic carbocycles. The van der Waals surface area contributed by atoms with E-state index in [0.29, 0.717) is 0 Å². The van der Waals surface area contributed by atoms with Gasteiger partial charge in [0.05, 0.1) is 23.7 Å². The topological polar surface area (TPSA) is 45.9 Å². The third kappa shape index (κ3) is 4.21. The minimum atomic E-state index is -5.15. The molecule has 0 atom stereocenters. The van der Waals surface area contributed by atoms with Crippen molar-refractivity contribution in [1.82, 2.24) is 4.98 Å². The van der Waals surface area contributed by atoms with Crippen LogP contribution in [0.3, 0.4) is 0 Å². The monoisotopic (exact) mass is 300 g/mol. The van der Waals surface area contributed by atoms with Crippen molar-refractivity contribution in [2.45, 2.75) is 25.1 Å². The van der Waals surface area contributed by atoms with Gasteiger partial charge in [-0.25, -0.2) is 13.8 Å². The normalized spacial score (nSPS) is 11.5. The van der Waals surface area contributed by atoms with Gasteiger partial charge in [0.1, 0.15) is 0 Å². The van der Waals surface area contributed by atoms with Gasteiger partial charge < -0.3 is 4.74 Å². The van der Waals surface area contributed by atoms with Crippen molar-refractivity contribution in [2.24, 2.45) is 0 Å². The Kier molecular flexibility index (Phi) is 4.89. The summed E-state index contributed by atoms with van der Waals surface area (Å²) in [6.07, 6.45) is -8.72. The summed E-state index contributed by atoms with van der Waals surface area (Å²) < 4.78 is 65.0. The molecular formula is C10H6ClF5N2O. The average molecular weight is 301 g/mol. The predicted molar refractivity (Wildman–Crippen MR) is 54.8 cm³/mol. The number of ether oxygens (including phenoxy) is 1. The van der Waals surface area contributed by atoms with E-state index in [9.17, 15) is 22.0 Å². The molecule has 0 N–H and O–H groups in total. The van der Waals surface area contributed by atoms with Gasteiger partial charge in [0.15, 0.2) is 0 Å². The molecule has 0 saturated carbocycles. The Morgan fingerprint density at radius 1 is 1.42 bits per heavy atom. The highest BCUT2D eigenvalue weighted by atomic mass is 35.5. The summed E-state index contributed by atoms with van der Waals surface area (Å²) in [5, 5.41) is 8.50. The number of halogens is 6. The molecule has 1 aromatic heterocycles. The standard InChI is InChI=1S/C10H6ClF5N2O/c11-4-5-3-6(8(12)13)9(19-10(14,15)16)18-7(5)1-2-17/h3,8H,1,4H2. The molecule has 0 aliphatic carbocycles. The molecule has 0 saturated heterocycles. The second-order valence-electron chi connectivity index (χ2n) is 3.31. The third-order valence-electron chi connectivity index (χ3n) is 2.02. The van der Waals surface area contributed by atoms with Crippen LogP contribution in [0, 0.1) is 11.3 Å². The summed E-state index contributed by atoms with van der Waals surface area (Å²) in [7, 11) is 0. The summed E-state index contributed by atoms with van der Waals surface area (Å²) in [5.74, 6) is -1.52. The Balaban J connectivity index is 3.33. The fraction of sp³-hybridized carbons (Fsp3) is 0.400. The van der Waals surface area contributed by atoms with Crippen LogP contribution in [0.25, 0.3) is 0 Å². The van der Waals surface area contributed by atoms with Crippen LogP contribution in [0.4, 0.5) is 22.0 Å². The predicted octanol–water partition coefficient (Wildman–Crippen LogP) is 3.72. The molecule has 0 fully saturated rings. The molecular weight excluding hydrogens is 295 g/mol. The highest BCUT2D eigenvalue weighted by Gasteiger charge is 2.34. The molecule has 0 unspecified atom stereocenters. The number of alkyl halides is 6. The van der Waals surface area contributed by atoms with E-state index in [1.807, 2.05) is 0 Å². The summed E-state index contributed by atoms with van der Waals surface area (Å²) >= 11 is 5.47. The van der Waals surface area contributed by atoms with E-state index in [-0.39, 0.29) is 23.6 Å². The lowest BCUT2D eigenvalue weighted by Crippen LogP contribution is -2.20. The van der Waals surface area contributed by atoms with Gasteiger partial charge in [0.2, 0.25) is 5.88 Å². The van der Waals surface area contributed by atoms with E-state index in [1.54, 1.807) is 6.07 Å². The first-order valence-corrected chi connectivity index (χ1v) is 5.31. The van der Waals surface area contributed by atoms with Crippen molar-refractivity contribution in [3.05, 3.63) is 22.9 Å². The van der Waals surface area contributed by atoms with Gasteiger partial charge >= 0.3 is 6.36 Å². The summed E-state index contributed by atoms with van der Waals surface area (Å²) in [5.41, 5.74) is -1.08. The van der Waals surface area contributed by atoms with E-state index in [1.165, 1.54) is 0 Å². The first-order chi connectivity index (χ1) is 8.78. The average Bonchev–Trinajstić information content (AvgIpc) is 2.27. The molecule has 0 spiro atoms. The van der Waals surface area contributed by atoms with Crippen LogP contribution in [0.1, 0.15) is 23.2 Å². The lowest BCUT2D eigenvalue weighted by Gasteiger charge is -2.14. The molecule has 3 nitrogen and oxygen atoms in total. The maximum atomic E-state index is 12.6. The zero-order valence-electron chi connectivity index (χ0n) is 9.14. The van der Waals surface area contributed by atoms with Crippen LogP contribution in [-0.4, -0.2) is 11.3 Å². The SMILES string of the molecule is N#CCc1nc(OC(F)(F)F)c(C(F)F)cc1CCl. The molecule has 0 radical (unpaired) electrons. The lowest BCUT2D eigenvalue weighted by atomic mass is 10.1. The molecule has 19 heavy (non-hydrogen) atoms. The number of pyridine rings is 1. The van der Waals surface area contributed by atoms with Gasteiger partial charge in [0, 0.05) is 5.88 Å². The van der Waals surface area contributed by atoms with E-state index in [4.69, 9.17) is 16.9 Å². The molecule has 0 amide bonds. The van der Waals surface area contributed by atoms with E-state index in [2.05, 4.69) is 9.72 Å². The molecule has 0 aliphatic heterocycles. The van der Waals surface area contributed by atoms with Gasteiger partial charge in [0.25, 0.3) is 6.43 Å². The molecule has 1 aromatic rings. The van der Waals surface area contributed by atoms with E-state index in [0.717, 1.165) is 6.07 Å². The van der Waals surface area contributed by atoms with Crippen LogP contribution in [-0.2, 0) is 12.3 Å². The van der Waals surface area contributed by atoms with Gasteiger partial charge in [-0.05, 0) is 11.6 Å². The highest BCUT2D eigenvalue weighted by Crippen LogP contribution is 2.33. The molecule has 9 heteroatoms. The van der Waals surface area contributed by atoms with E-state index >= 15 is 0 Å². The third-order valence-corrected chi connectivity index (χ3v) is 2.31. The quantitative estimate of drug-likeness (QED) is 0.629. The number of hydrogen-bond acceptors (Lipinski definition) is 3. The van der Waals surface area contributed by atoms with Crippen molar-refractivity contribution >= 4 is 11.6 Å². The van der Waals surface area contributed by atoms with Crippen molar-refractivity contribution in [3.63, 3.8) is 0 Å². The van der Waals surface area contributed by atoms with Gasteiger partial charge in [-0.2, -0.15) is 5.26 Å². The van der Waals surface area contributed by atoms with Crippen LogP contribution in [0.2, 0.25) is 0 Å². The summed E-state index contributed by atoms with van der Waals surface area (Å²) in [4.78, 5) is 3.31. The Bertz CT molecular complexity index is 498. The van der Waals surface area contributed by atoms with Crippen molar-refractivity contribution in [3.8, 4) is 11.9 Å². The number of hydrogen-bond donors (Lipinski definition) is 0. The lowest BCUT2D eigenvalue weighted by molar-refractivity contribution is -0.276. The minimum absolute atomic E-state index is 0.0630. The number of aromatic nitrogens is 1. The van der Waals surface area contributed by atoms with Crippen molar-refractivity contribution in [2.75, 3.05) is 0 Å². The molecule has 0 aliphatic rings. The molecule has 0 bridgehead atoms. The van der Waals surface area contributed by atoms with Crippen molar-refractivity contribution < 1.29 is 26.7 Å².